The van der Waals surface area contributed by atoms with Crippen LogP contribution >= 0.6 is 23.1 Å². The Hall–Kier alpha value is -1.30. The Morgan fingerprint density at radius 2 is 1.90 bits per heavy atom. The molecule has 0 atom stereocenters. The van der Waals surface area contributed by atoms with Crippen molar-refractivity contribution in [2.75, 3.05) is 0 Å². The van der Waals surface area contributed by atoms with Crippen LogP contribution in [0.3, 0.4) is 0 Å². The second-order valence-electron chi connectivity index (χ2n) is 4.73. The molecule has 5 heteroatoms. The van der Waals surface area contributed by atoms with Crippen molar-refractivity contribution in [1.29, 1.82) is 0 Å². The van der Waals surface area contributed by atoms with E-state index in [1.54, 1.807) is 0 Å². The first-order valence-electron chi connectivity index (χ1n) is 6.33. The normalized spacial score (nSPS) is 10.6. The van der Waals surface area contributed by atoms with E-state index < -0.39 is 0 Å². The molecule has 20 heavy (non-hydrogen) atoms. The summed E-state index contributed by atoms with van der Waals surface area (Å²) in [6, 6.07) is 10.4. The molecule has 0 unspecified atom stereocenters. The topological polar surface area (TPSA) is 55.1 Å². The molecular weight excluding hydrogens is 288 g/mol. The molecule has 1 aromatic heterocycles. The van der Waals surface area contributed by atoms with E-state index in [-0.39, 0.29) is 5.91 Å². The number of nitrogens with one attached hydrogen (secondary N) is 1. The highest BCUT2D eigenvalue weighted by molar-refractivity contribution is 7.97. The summed E-state index contributed by atoms with van der Waals surface area (Å²) >= 11 is 3.35. The van der Waals surface area contributed by atoms with Crippen LogP contribution in [-0.2, 0) is 11.5 Å². The van der Waals surface area contributed by atoms with Crippen LogP contribution in [0.1, 0.15) is 31.2 Å². The molecule has 0 aliphatic carbocycles. The molecule has 0 aliphatic rings. The summed E-state index contributed by atoms with van der Waals surface area (Å²) in [5.74, 6) is 6.80. The van der Waals surface area contributed by atoms with E-state index in [2.05, 4.69) is 37.5 Å². The second-order valence-corrected chi connectivity index (χ2v) is 6.88. The van der Waals surface area contributed by atoms with Gasteiger partial charge in [0.1, 0.15) is 0 Å². The summed E-state index contributed by atoms with van der Waals surface area (Å²) in [4.78, 5) is 13.2. The highest BCUT2D eigenvalue weighted by atomic mass is 32.2. The molecule has 2 rings (SSSR count). The van der Waals surface area contributed by atoms with Crippen LogP contribution in [0.4, 0.5) is 0 Å². The van der Waals surface area contributed by atoms with Gasteiger partial charge in [-0.1, -0.05) is 29.3 Å². The SMILES string of the molecule is Cc1cc(C)cc(CSCc2ccc(C(=O)NN)s2)c1. The van der Waals surface area contributed by atoms with Gasteiger partial charge in [0.25, 0.3) is 5.91 Å². The number of nitrogen functional groups attached to an aromatic ring is 1. The maximum atomic E-state index is 11.4. The lowest BCUT2D eigenvalue weighted by Gasteiger charge is -2.04. The van der Waals surface area contributed by atoms with Crippen LogP contribution in [0.15, 0.2) is 30.3 Å². The maximum absolute atomic E-state index is 11.4. The third-order valence-electron chi connectivity index (χ3n) is 2.81. The first-order chi connectivity index (χ1) is 9.58. The zero-order valence-electron chi connectivity index (χ0n) is 11.6. The zero-order valence-corrected chi connectivity index (χ0v) is 13.2. The van der Waals surface area contributed by atoms with Gasteiger partial charge in [-0.3, -0.25) is 10.2 Å². The number of hydrogen-bond acceptors (Lipinski definition) is 4. The van der Waals surface area contributed by atoms with Crippen molar-refractivity contribution in [1.82, 2.24) is 5.43 Å². The Balaban J connectivity index is 1.89. The number of nitrogens with two attached hydrogens (primary N) is 1. The Morgan fingerprint density at radius 1 is 1.20 bits per heavy atom. The van der Waals surface area contributed by atoms with Crippen molar-refractivity contribution in [2.24, 2.45) is 5.84 Å². The van der Waals surface area contributed by atoms with Gasteiger partial charge in [0.2, 0.25) is 0 Å². The standard InChI is InChI=1S/C15H18N2OS2/c1-10-5-11(2)7-12(6-10)8-19-9-13-3-4-14(20-13)15(18)17-16/h3-7H,8-9,16H2,1-2H3,(H,17,18). The van der Waals surface area contributed by atoms with Crippen molar-refractivity contribution in [2.45, 2.75) is 25.4 Å². The van der Waals surface area contributed by atoms with Crippen molar-refractivity contribution in [3.8, 4) is 0 Å². The molecule has 0 radical (unpaired) electrons. The molecule has 1 heterocycles. The van der Waals surface area contributed by atoms with Crippen molar-refractivity contribution in [3.05, 3.63) is 56.8 Å². The minimum atomic E-state index is -0.222. The number of carbonyl (C=O) groups excluding carboxylic acids is 1. The summed E-state index contributed by atoms with van der Waals surface area (Å²) in [6.07, 6.45) is 0. The van der Waals surface area contributed by atoms with Crippen molar-refractivity contribution < 1.29 is 4.79 Å². The van der Waals surface area contributed by atoms with E-state index in [1.807, 2.05) is 23.9 Å². The molecule has 2 aromatic rings. The number of thiophene rings is 1. The molecule has 0 saturated heterocycles. The van der Waals surface area contributed by atoms with Crippen LogP contribution in [0.5, 0.6) is 0 Å². The van der Waals surface area contributed by atoms with Crippen LogP contribution < -0.4 is 11.3 Å². The Kier molecular flexibility index (Phi) is 5.23. The summed E-state index contributed by atoms with van der Waals surface area (Å²) < 4.78 is 0. The first kappa shape index (κ1) is 15.1. The predicted molar refractivity (Wildman–Crippen MR) is 86.9 cm³/mol. The summed E-state index contributed by atoms with van der Waals surface area (Å²) in [5.41, 5.74) is 6.11. The lowest BCUT2D eigenvalue weighted by molar-refractivity contribution is 0.0957. The summed E-state index contributed by atoms with van der Waals surface area (Å²) in [5, 5.41) is 0. The maximum Gasteiger partial charge on any atom is 0.275 e. The van der Waals surface area contributed by atoms with Crippen LogP contribution in [-0.4, -0.2) is 5.91 Å². The average Bonchev–Trinajstić information content (AvgIpc) is 2.85. The van der Waals surface area contributed by atoms with E-state index in [4.69, 9.17) is 5.84 Å². The molecule has 1 amide bonds. The van der Waals surface area contributed by atoms with Crippen LogP contribution in [0, 0.1) is 13.8 Å². The second kappa shape index (κ2) is 6.92. The average molecular weight is 306 g/mol. The van der Waals surface area contributed by atoms with Crippen LogP contribution in [0.25, 0.3) is 0 Å². The molecule has 1 aromatic carbocycles. The van der Waals surface area contributed by atoms with Crippen molar-refractivity contribution >= 4 is 29.0 Å². The lowest BCUT2D eigenvalue weighted by atomic mass is 10.1. The fraction of sp³-hybridized carbons (Fsp3) is 0.267. The van der Waals surface area contributed by atoms with E-state index in [0.717, 1.165) is 11.5 Å². The molecular formula is C15H18N2OS2. The lowest BCUT2D eigenvalue weighted by Crippen LogP contribution is -2.29. The number of amides is 1. The number of hydrogen-bond donors (Lipinski definition) is 2. The number of thioether (sulfide) groups is 1. The Bertz CT molecular complexity index is 587. The zero-order chi connectivity index (χ0) is 14.5. The molecule has 0 bridgehead atoms. The molecule has 106 valence electrons. The third-order valence-corrected chi connectivity index (χ3v) is 5.13. The Labute approximate surface area is 127 Å². The minimum absolute atomic E-state index is 0.222. The summed E-state index contributed by atoms with van der Waals surface area (Å²) in [6.45, 7) is 4.25. The first-order valence-corrected chi connectivity index (χ1v) is 8.30. The van der Waals surface area contributed by atoms with Gasteiger partial charge in [-0.2, -0.15) is 11.8 Å². The van der Waals surface area contributed by atoms with Gasteiger partial charge >= 0.3 is 0 Å². The molecule has 3 nitrogen and oxygen atoms in total. The van der Waals surface area contributed by atoms with Gasteiger partial charge in [0.15, 0.2) is 0 Å². The molecule has 0 aliphatic heterocycles. The molecule has 0 spiro atoms. The minimum Gasteiger partial charge on any atom is -0.289 e. The number of benzene rings is 1. The van der Waals surface area contributed by atoms with Crippen molar-refractivity contribution in [3.63, 3.8) is 0 Å². The molecule has 3 N–H and O–H groups in total. The van der Waals surface area contributed by atoms with E-state index in [0.29, 0.717) is 4.88 Å². The van der Waals surface area contributed by atoms with Crippen LogP contribution in [0.2, 0.25) is 0 Å². The van der Waals surface area contributed by atoms with Gasteiger partial charge < -0.3 is 0 Å². The molecule has 0 saturated carbocycles. The number of hydrazine groups is 1. The van der Waals surface area contributed by atoms with Gasteiger partial charge in [0, 0.05) is 16.4 Å². The van der Waals surface area contributed by atoms with Gasteiger partial charge in [0.05, 0.1) is 4.88 Å². The van der Waals surface area contributed by atoms with Gasteiger partial charge in [-0.25, -0.2) is 5.84 Å². The quantitative estimate of drug-likeness (QED) is 0.506. The fourth-order valence-corrected chi connectivity index (χ4v) is 4.06. The monoisotopic (exact) mass is 306 g/mol. The molecule has 0 fully saturated rings. The third kappa shape index (κ3) is 4.10. The van der Waals surface area contributed by atoms with E-state index in [9.17, 15) is 4.79 Å². The summed E-state index contributed by atoms with van der Waals surface area (Å²) in [7, 11) is 0. The largest absolute Gasteiger partial charge is 0.289 e. The van der Waals surface area contributed by atoms with Gasteiger partial charge in [-0.05, 0) is 31.5 Å². The predicted octanol–water partition coefficient (Wildman–Crippen LogP) is 3.40. The fourth-order valence-electron chi connectivity index (χ4n) is 2.07. The number of carbonyl (C=O) groups is 1. The highest BCUT2D eigenvalue weighted by Crippen LogP contribution is 2.24. The van der Waals surface area contributed by atoms with E-state index in [1.165, 1.54) is 32.9 Å². The van der Waals surface area contributed by atoms with Gasteiger partial charge in [-0.15, -0.1) is 11.3 Å². The Morgan fingerprint density at radius 3 is 2.55 bits per heavy atom. The number of aryl methyl sites for hydroxylation is 2. The highest BCUT2D eigenvalue weighted by Gasteiger charge is 2.07. The number of rotatable bonds is 5. The van der Waals surface area contributed by atoms with E-state index >= 15 is 0 Å². The smallest absolute Gasteiger partial charge is 0.275 e.